The maximum absolute atomic E-state index is 2.47. The van der Waals surface area contributed by atoms with Crippen molar-refractivity contribution in [2.45, 2.75) is 19.3 Å². The molecule has 0 spiro atoms. The minimum absolute atomic E-state index is 0.132. The van der Waals surface area contributed by atoms with E-state index in [1.165, 1.54) is 116 Å². The van der Waals surface area contributed by atoms with E-state index in [2.05, 4.69) is 232 Å². The van der Waals surface area contributed by atoms with Gasteiger partial charge >= 0.3 is 0 Å². The van der Waals surface area contributed by atoms with Crippen LogP contribution in [0.3, 0.4) is 0 Å². The van der Waals surface area contributed by atoms with Crippen molar-refractivity contribution >= 4 is 145 Å². The van der Waals surface area contributed by atoms with Gasteiger partial charge in [-0.25, -0.2) is 0 Å². The number of nitrogens with zero attached hydrogens (tertiary/aromatic N) is 2. The summed E-state index contributed by atoms with van der Waals surface area (Å²) in [6.45, 7) is 4.80. The van der Waals surface area contributed by atoms with Crippen LogP contribution in [0.5, 0.6) is 0 Å². The lowest BCUT2D eigenvalue weighted by atomic mass is 9.70. The van der Waals surface area contributed by atoms with Gasteiger partial charge in [-0.1, -0.05) is 142 Å². The van der Waals surface area contributed by atoms with Crippen LogP contribution < -0.4 is 48.6 Å². The molecule has 1 heterocycles. The highest BCUT2D eigenvalue weighted by Crippen LogP contribution is 2.50. The lowest BCUT2D eigenvalue weighted by Gasteiger charge is -2.29. The molecule has 10 rings (SSSR count). The van der Waals surface area contributed by atoms with Gasteiger partial charge in [0, 0.05) is 38.9 Å². The molecule has 1 aliphatic rings. The molecule has 284 valence electrons. The Hall–Kier alpha value is -6.12. The number of anilines is 3. The molecular formula is C51H46B8N2. The van der Waals surface area contributed by atoms with Crippen LogP contribution in [-0.2, 0) is 5.41 Å². The monoisotopic (exact) mass is 774 g/mol. The third-order valence-electron chi connectivity index (χ3n) is 14.1. The van der Waals surface area contributed by atoms with Gasteiger partial charge in [-0.05, 0) is 105 Å². The standard InChI is InChI=1S/C51H46B8N2/c1-51(2)39-25-33(10-14-35(39)37-15-19-43(55)50(59)49(37)51)60(31-8-3-27(4-9-31)28-6-16-40(52)44(56)21-28)32-12-20-47-38(24-32)36-13-5-30(29-7-17-41(53)45(57)22-29)23-48(36)61(47)34-11-18-42(54)46(58)26-34/h3-26H,52-59H2,1-2H3. The van der Waals surface area contributed by atoms with E-state index in [1.54, 1.807) is 0 Å². The molecule has 10 heteroatoms. The Bertz CT molecular complexity index is 3280. The maximum atomic E-state index is 2.47. The number of rotatable bonds is 6. The third-order valence-corrected chi connectivity index (χ3v) is 14.1. The van der Waals surface area contributed by atoms with Crippen LogP contribution in [0.1, 0.15) is 25.0 Å². The largest absolute Gasteiger partial charge is 0.310 e. The molecule has 1 aromatic heterocycles. The first kappa shape index (κ1) is 39.0. The minimum Gasteiger partial charge on any atom is -0.310 e. The maximum Gasteiger partial charge on any atom is 0.138 e. The highest BCUT2D eigenvalue weighted by atomic mass is 15.1. The number of benzene rings is 8. The van der Waals surface area contributed by atoms with E-state index in [1.807, 2.05) is 0 Å². The molecule has 0 unspecified atom stereocenters. The van der Waals surface area contributed by atoms with Gasteiger partial charge in [0.25, 0.3) is 0 Å². The lowest BCUT2D eigenvalue weighted by molar-refractivity contribution is 0.665. The molecule has 9 aromatic rings. The summed E-state index contributed by atoms with van der Waals surface area (Å²) in [7, 11) is 17.7. The van der Waals surface area contributed by atoms with Crippen LogP contribution in [0.25, 0.3) is 60.9 Å². The molecule has 0 N–H and O–H groups in total. The quantitative estimate of drug-likeness (QED) is 0.216. The van der Waals surface area contributed by atoms with E-state index in [-0.39, 0.29) is 5.41 Å². The summed E-state index contributed by atoms with van der Waals surface area (Å²) in [5, 5.41) is 2.47. The van der Waals surface area contributed by atoms with Gasteiger partial charge in [0.2, 0.25) is 0 Å². The smallest absolute Gasteiger partial charge is 0.138 e. The van der Waals surface area contributed by atoms with Gasteiger partial charge in [0.05, 0.1) is 11.0 Å². The average Bonchev–Trinajstić information content (AvgIpc) is 3.70. The predicted molar refractivity (Wildman–Crippen MR) is 289 cm³/mol. The summed E-state index contributed by atoms with van der Waals surface area (Å²) in [6.07, 6.45) is 0. The van der Waals surface area contributed by atoms with Crippen LogP contribution in [0.15, 0.2) is 146 Å². The molecule has 0 radical (unpaired) electrons. The second kappa shape index (κ2) is 14.5. The second-order valence-corrected chi connectivity index (χ2v) is 18.3. The van der Waals surface area contributed by atoms with E-state index >= 15 is 0 Å². The Kier molecular flexibility index (Phi) is 9.29. The van der Waals surface area contributed by atoms with Crippen LogP contribution in [0, 0.1) is 0 Å². The highest BCUT2D eigenvalue weighted by molar-refractivity contribution is 6.51. The van der Waals surface area contributed by atoms with Crippen LogP contribution in [0.4, 0.5) is 17.1 Å². The normalized spacial score (nSPS) is 12.8. The predicted octanol–water partition coefficient (Wildman–Crippen LogP) is -0.0390. The first-order valence-electron chi connectivity index (χ1n) is 21.8. The van der Waals surface area contributed by atoms with Gasteiger partial charge < -0.3 is 9.47 Å². The Morgan fingerprint density at radius 3 is 1.59 bits per heavy atom. The Labute approximate surface area is 368 Å². The SMILES string of the molecule is Bc1ccc(-c2ccc(N(c3ccc4c(c3)C(C)(C)c3c-4ccc(B)c3B)c3ccc4c(c3)c3ccc(-c5ccc(B)c(B)c5)cc3n4-c3ccc(B)c(B)c3)cc2)cc1B. The van der Waals surface area contributed by atoms with Crippen LogP contribution >= 0.6 is 0 Å². The zero-order valence-electron chi connectivity index (χ0n) is 37.3. The molecule has 0 aliphatic heterocycles. The summed E-state index contributed by atoms with van der Waals surface area (Å²) in [5.74, 6) is 0. The van der Waals surface area contributed by atoms with Gasteiger partial charge in [0.15, 0.2) is 0 Å². The van der Waals surface area contributed by atoms with Gasteiger partial charge in [-0.15, -0.1) is 0 Å². The Morgan fingerprint density at radius 1 is 0.393 bits per heavy atom. The topological polar surface area (TPSA) is 8.17 Å². The average molecular weight is 773 g/mol. The summed E-state index contributed by atoms with van der Waals surface area (Å²) in [4.78, 5) is 2.46. The second-order valence-electron chi connectivity index (χ2n) is 18.3. The van der Waals surface area contributed by atoms with E-state index in [4.69, 9.17) is 0 Å². The Balaban J connectivity index is 1.18. The van der Waals surface area contributed by atoms with Crippen molar-refractivity contribution in [3.05, 3.63) is 157 Å². The van der Waals surface area contributed by atoms with E-state index in [0.717, 1.165) is 17.1 Å². The van der Waals surface area contributed by atoms with Crippen molar-refractivity contribution in [2.75, 3.05) is 4.90 Å². The number of fused-ring (bicyclic) bond motifs is 6. The zero-order chi connectivity index (χ0) is 42.5. The van der Waals surface area contributed by atoms with E-state index < -0.39 is 0 Å². The number of hydrogen-bond donors (Lipinski definition) is 0. The summed E-state index contributed by atoms with van der Waals surface area (Å²) in [5.41, 5.74) is 27.9. The van der Waals surface area contributed by atoms with Crippen molar-refractivity contribution in [2.24, 2.45) is 0 Å². The van der Waals surface area contributed by atoms with Gasteiger partial charge in [0.1, 0.15) is 62.8 Å². The van der Waals surface area contributed by atoms with Crippen molar-refractivity contribution < 1.29 is 0 Å². The third kappa shape index (κ3) is 6.37. The summed E-state index contributed by atoms with van der Waals surface area (Å²) in [6, 6.07) is 55.5. The summed E-state index contributed by atoms with van der Waals surface area (Å²) < 4.78 is 2.47. The fourth-order valence-corrected chi connectivity index (χ4v) is 9.97. The molecule has 0 fully saturated rings. The molecule has 2 nitrogen and oxygen atoms in total. The van der Waals surface area contributed by atoms with Crippen LogP contribution in [-0.4, -0.2) is 67.3 Å². The lowest BCUT2D eigenvalue weighted by Crippen LogP contribution is -2.34. The van der Waals surface area contributed by atoms with Crippen molar-refractivity contribution in [3.8, 4) is 39.1 Å². The molecule has 0 saturated carbocycles. The molecule has 0 atom stereocenters. The first-order valence-corrected chi connectivity index (χ1v) is 21.8. The van der Waals surface area contributed by atoms with Crippen LogP contribution in [0.2, 0.25) is 0 Å². The van der Waals surface area contributed by atoms with Gasteiger partial charge in [-0.2, -0.15) is 0 Å². The number of aromatic nitrogens is 1. The molecule has 61 heavy (non-hydrogen) atoms. The number of hydrogen-bond acceptors (Lipinski definition) is 1. The fraction of sp³-hybridized carbons (Fsp3) is 0.0588. The fourth-order valence-electron chi connectivity index (χ4n) is 9.97. The Morgan fingerprint density at radius 2 is 0.918 bits per heavy atom. The molecule has 0 bridgehead atoms. The summed E-state index contributed by atoms with van der Waals surface area (Å²) >= 11 is 0. The highest BCUT2D eigenvalue weighted by Gasteiger charge is 2.37. The first-order chi connectivity index (χ1) is 29.3. The molecule has 1 aliphatic carbocycles. The zero-order valence-corrected chi connectivity index (χ0v) is 37.3. The van der Waals surface area contributed by atoms with E-state index in [0.29, 0.717) is 0 Å². The van der Waals surface area contributed by atoms with Crippen molar-refractivity contribution in [1.82, 2.24) is 4.57 Å². The molecule has 0 amide bonds. The van der Waals surface area contributed by atoms with E-state index in [9.17, 15) is 0 Å². The molecule has 8 aromatic carbocycles. The minimum atomic E-state index is -0.132. The van der Waals surface area contributed by atoms with Crippen molar-refractivity contribution in [3.63, 3.8) is 0 Å². The molecule has 0 saturated heterocycles. The molecular weight excluding hydrogens is 727 g/mol. The van der Waals surface area contributed by atoms with Crippen molar-refractivity contribution in [1.29, 1.82) is 0 Å². The van der Waals surface area contributed by atoms with Gasteiger partial charge in [-0.3, -0.25) is 0 Å².